The number of halogens is 1. The van der Waals surface area contributed by atoms with Gasteiger partial charge in [0.1, 0.15) is 0 Å². The van der Waals surface area contributed by atoms with Crippen LogP contribution in [0.5, 0.6) is 0 Å². The SMILES string of the molecule is CC(=O)NC(CC(=O)NCC1(O)CCCC1)c1ccc(Cl)cc1. The van der Waals surface area contributed by atoms with Crippen LogP contribution in [0.1, 0.15) is 50.6 Å². The van der Waals surface area contributed by atoms with Gasteiger partial charge in [-0.3, -0.25) is 9.59 Å². The monoisotopic (exact) mass is 338 g/mol. The Balaban J connectivity index is 1.95. The van der Waals surface area contributed by atoms with Gasteiger partial charge in [-0.1, -0.05) is 36.6 Å². The second-order valence-electron chi connectivity index (χ2n) is 6.22. The number of carbonyl (C=O) groups excluding carboxylic acids is 2. The molecule has 23 heavy (non-hydrogen) atoms. The van der Waals surface area contributed by atoms with E-state index in [0.717, 1.165) is 31.2 Å². The van der Waals surface area contributed by atoms with Crippen LogP contribution in [-0.4, -0.2) is 29.1 Å². The van der Waals surface area contributed by atoms with Gasteiger partial charge in [-0.25, -0.2) is 0 Å². The van der Waals surface area contributed by atoms with Crippen molar-refractivity contribution in [1.82, 2.24) is 10.6 Å². The number of hydrogen-bond acceptors (Lipinski definition) is 3. The highest BCUT2D eigenvalue weighted by atomic mass is 35.5. The maximum Gasteiger partial charge on any atom is 0.222 e. The molecule has 6 heteroatoms. The molecule has 3 N–H and O–H groups in total. The van der Waals surface area contributed by atoms with E-state index in [2.05, 4.69) is 10.6 Å². The summed E-state index contributed by atoms with van der Waals surface area (Å²) in [4.78, 5) is 23.6. The fourth-order valence-electron chi connectivity index (χ4n) is 2.92. The predicted octanol–water partition coefficient (Wildman–Crippen LogP) is 2.33. The van der Waals surface area contributed by atoms with Crippen LogP contribution in [0.15, 0.2) is 24.3 Å². The van der Waals surface area contributed by atoms with Crippen LogP contribution in [0.2, 0.25) is 5.02 Å². The molecule has 2 amide bonds. The maximum atomic E-state index is 12.2. The third-order valence-corrected chi connectivity index (χ3v) is 4.44. The van der Waals surface area contributed by atoms with E-state index in [9.17, 15) is 14.7 Å². The molecule has 1 unspecified atom stereocenters. The normalized spacial score (nSPS) is 17.5. The van der Waals surface area contributed by atoms with E-state index in [1.807, 2.05) is 0 Å². The lowest BCUT2D eigenvalue weighted by molar-refractivity contribution is -0.123. The molecule has 126 valence electrons. The average molecular weight is 339 g/mol. The molecule has 1 aromatic rings. The van der Waals surface area contributed by atoms with Crippen LogP contribution in [0.25, 0.3) is 0 Å². The molecule has 0 saturated heterocycles. The molecule has 1 fully saturated rings. The first-order chi connectivity index (χ1) is 10.9. The molecule has 2 rings (SSSR count). The lowest BCUT2D eigenvalue weighted by atomic mass is 10.0. The van der Waals surface area contributed by atoms with Gasteiger partial charge in [0.15, 0.2) is 0 Å². The second-order valence-corrected chi connectivity index (χ2v) is 6.65. The molecule has 0 radical (unpaired) electrons. The van der Waals surface area contributed by atoms with Crippen LogP contribution < -0.4 is 10.6 Å². The summed E-state index contributed by atoms with van der Waals surface area (Å²) in [6.07, 6.45) is 3.55. The van der Waals surface area contributed by atoms with Gasteiger partial charge in [-0.2, -0.15) is 0 Å². The van der Waals surface area contributed by atoms with Crippen molar-refractivity contribution < 1.29 is 14.7 Å². The largest absolute Gasteiger partial charge is 0.388 e. The van der Waals surface area contributed by atoms with E-state index >= 15 is 0 Å². The number of rotatable bonds is 6. The molecule has 1 saturated carbocycles. The van der Waals surface area contributed by atoms with Crippen LogP contribution in [0, 0.1) is 0 Å². The Morgan fingerprint density at radius 3 is 2.43 bits per heavy atom. The lowest BCUT2D eigenvalue weighted by Crippen LogP contribution is -2.42. The smallest absolute Gasteiger partial charge is 0.222 e. The maximum absolute atomic E-state index is 12.2. The molecule has 5 nitrogen and oxygen atoms in total. The molecule has 0 aliphatic heterocycles. The van der Waals surface area contributed by atoms with E-state index in [1.165, 1.54) is 6.92 Å². The summed E-state index contributed by atoms with van der Waals surface area (Å²) in [5.74, 6) is -0.397. The molecule has 0 heterocycles. The number of aliphatic hydroxyl groups is 1. The Morgan fingerprint density at radius 2 is 1.87 bits per heavy atom. The zero-order valence-corrected chi connectivity index (χ0v) is 14.0. The van der Waals surface area contributed by atoms with Crippen molar-refractivity contribution in [2.24, 2.45) is 0 Å². The number of benzene rings is 1. The van der Waals surface area contributed by atoms with E-state index in [4.69, 9.17) is 11.6 Å². The van der Waals surface area contributed by atoms with Crippen molar-refractivity contribution in [1.29, 1.82) is 0 Å². The van der Waals surface area contributed by atoms with Crippen LogP contribution >= 0.6 is 11.6 Å². The minimum absolute atomic E-state index is 0.122. The summed E-state index contributed by atoms with van der Waals surface area (Å²) in [7, 11) is 0. The van der Waals surface area contributed by atoms with E-state index in [0.29, 0.717) is 5.02 Å². The minimum Gasteiger partial charge on any atom is -0.388 e. The van der Waals surface area contributed by atoms with Crippen molar-refractivity contribution in [3.63, 3.8) is 0 Å². The molecule has 1 aromatic carbocycles. The number of amides is 2. The first-order valence-electron chi connectivity index (χ1n) is 7.90. The fraction of sp³-hybridized carbons (Fsp3) is 0.529. The molecular weight excluding hydrogens is 316 g/mol. The van der Waals surface area contributed by atoms with Crippen molar-refractivity contribution in [3.8, 4) is 0 Å². The molecule has 0 bridgehead atoms. The first-order valence-corrected chi connectivity index (χ1v) is 8.27. The molecule has 1 atom stereocenters. The average Bonchev–Trinajstić information content (AvgIpc) is 2.92. The predicted molar refractivity (Wildman–Crippen MR) is 89.1 cm³/mol. The molecular formula is C17H23ClN2O3. The van der Waals surface area contributed by atoms with E-state index in [1.54, 1.807) is 24.3 Å². The zero-order chi connectivity index (χ0) is 16.9. The van der Waals surface area contributed by atoms with Gasteiger partial charge in [0.05, 0.1) is 18.1 Å². The van der Waals surface area contributed by atoms with Gasteiger partial charge in [0.2, 0.25) is 11.8 Å². The number of nitrogens with one attached hydrogen (secondary N) is 2. The molecule has 0 aromatic heterocycles. The highest BCUT2D eigenvalue weighted by Gasteiger charge is 2.31. The standard InChI is InChI=1S/C17H23ClN2O3/c1-12(21)20-15(13-4-6-14(18)7-5-13)10-16(22)19-11-17(23)8-2-3-9-17/h4-7,15,23H,2-3,8-11H2,1H3,(H,19,22)(H,20,21). The summed E-state index contributed by atoms with van der Waals surface area (Å²) >= 11 is 5.87. The summed E-state index contributed by atoms with van der Waals surface area (Å²) < 4.78 is 0. The topological polar surface area (TPSA) is 78.4 Å². The molecule has 1 aliphatic carbocycles. The van der Waals surface area contributed by atoms with Gasteiger partial charge in [0, 0.05) is 18.5 Å². The Kier molecular flexibility index (Phi) is 6.02. The third kappa shape index (κ3) is 5.52. The van der Waals surface area contributed by atoms with E-state index in [-0.39, 0.29) is 24.8 Å². The quantitative estimate of drug-likeness (QED) is 0.745. The summed E-state index contributed by atoms with van der Waals surface area (Å²) in [6.45, 7) is 1.68. The Morgan fingerprint density at radius 1 is 1.26 bits per heavy atom. The van der Waals surface area contributed by atoms with Crippen molar-refractivity contribution in [3.05, 3.63) is 34.9 Å². The van der Waals surface area contributed by atoms with Crippen LogP contribution in [0.3, 0.4) is 0 Å². The zero-order valence-electron chi connectivity index (χ0n) is 13.3. The highest BCUT2D eigenvalue weighted by Crippen LogP contribution is 2.28. The second kappa shape index (κ2) is 7.79. The van der Waals surface area contributed by atoms with Crippen LogP contribution in [0.4, 0.5) is 0 Å². The van der Waals surface area contributed by atoms with Crippen molar-refractivity contribution in [2.75, 3.05) is 6.54 Å². The summed E-state index contributed by atoms with van der Waals surface area (Å²) in [5.41, 5.74) is 0.0405. The van der Waals surface area contributed by atoms with Crippen LogP contribution in [-0.2, 0) is 9.59 Å². The summed E-state index contributed by atoms with van der Waals surface area (Å²) in [5, 5.41) is 16.4. The van der Waals surface area contributed by atoms with Crippen molar-refractivity contribution in [2.45, 2.75) is 50.7 Å². The number of hydrogen-bond donors (Lipinski definition) is 3. The molecule has 0 spiro atoms. The van der Waals surface area contributed by atoms with Gasteiger partial charge >= 0.3 is 0 Å². The Labute approximate surface area is 141 Å². The lowest BCUT2D eigenvalue weighted by Gasteiger charge is -2.23. The highest BCUT2D eigenvalue weighted by molar-refractivity contribution is 6.30. The van der Waals surface area contributed by atoms with E-state index < -0.39 is 11.6 Å². The third-order valence-electron chi connectivity index (χ3n) is 4.19. The van der Waals surface area contributed by atoms with Gasteiger partial charge in [-0.05, 0) is 30.5 Å². The summed E-state index contributed by atoms with van der Waals surface area (Å²) in [6, 6.07) is 6.62. The molecule has 1 aliphatic rings. The Hall–Kier alpha value is -1.59. The van der Waals surface area contributed by atoms with Gasteiger partial charge in [-0.15, -0.1) is 0 Å². The van der Waals surface area contributed by atoms with Crippen molar-refractivity contribution >= 4 is 23.4 Å². The first kappa shape index (κ1) is 17.8. The van der Waals surface area contributed by atoms with Gasteiger partial charge in [0.25, 0.3) is 0 Å². The number of carbonyl (C=O) groups is 2. The Bertz CT molecular complexity index is 553. The van der Waals surface area contributed by atoms with Gasteiger partial charge < -0.3 is 15.7 Å². The minimum atomic E-state index is -0.778. The fourth-order valence-corrected chi connectivity index (χ4v) is 3.05.